The molecule has 90 valence electrons. The Morgan fingerprint density at radius 2 is 2.00 bits per heavy atom. The average molecular weight is 317 g/mol. The molecule has 1 aliphatic rings. The molecular weight excluding hydrogens is 306 g/mol. The van der Waals surface area contributed by atoms with Gasteiger partial charge in [-0.05, 0) is 23.6 Å². The van der Waals surface area contributed by atoms with Crippen molar-refractivity contribution in [3.63, 3.8) is 0 Å². The minimum Gasteiger partial charge on any atom is -0.302 e. The van der Waals surface area contributed by atoms with E-state index in [0.29, 0.717) is 23.0 Å². The van der Waals surface area contributed by atoms with Crippen molar-refractivity contribution >= 4 is 28.3 Å². The molecule has 0 aliphatic carbocycles. The number of hydrogen-bond donors (Lipinski definition) is 1. The van der Waals surface area contributed by atoms with E-state index < -0.39 is 12.2 Å². The smallest absolute Gasteiger partial charge is 0.302 e. The largest absolute Gasteiger partial charge is 0.407 e. The lowest BCUT2D eigenvalue weighted by Gasteiger charge is -2.29. The summed E-state index contributed by atoms with van der Waals surface area (Å²) in [5.41, 5.74) is 1.10. The van der Waals surface area contributed by atoms with Crippen LogP contribution in [0.2, 0.25) is 0 Å². The van der Waals surface area contributed by atoms with Crippen molar-refractivity contribution in [1.29, 1.82) is 0 Å². The molecule has 0 spiro atoms. The van der Waals surface area contributed by atoms with E-state index in [1.54, 1.807) is 18.2 Å². The normalized spacial score (nSPS) is 19.9. The second kappa shape index (κ2) is 4.94. The Bertz CT molecular complexity index is 381. The molecule has 0 fully saturated rings. The first-order chi connectivity index (χ1) is 7.00. The molecule has 0 bridgehead atoms. The van der Waals surface area contributed by atoms with Crippen LogP contribution in [0.5, 0.6) is 0 Å². The Labute approximate surface area is 106 Å². The maximum Gasteiger partial charge on any atom is 0.407 e. The highest BCUT2D eigenvalue weighted by atomic mass is 79.9. The molecule has 1 aromatic rings. The number of rotatable bonds is 0. The van der Waals surface area contributed by atoms with Crippen LogP contribution in [0.25, 0.3) is 0 Å². The van der Waals surface area contributed by atoms with E-state index in [-0.39, 0.29) is 12.4 Å². The van der Waals surface area contributed by atoms with E-state index in [0.717, 1.165) is 5.56 Å². The zero-order chi connectivity index (χ0) is 11.1. The van der Waals surface area contributed by atoms with Gasteiger partial charge in [0.2, 0.25) is 0 Å². The molecule has 0 saturated heterocycles. The van der Waals surface area contributed by atoms with Gasteiger partial charge in [-0.1, -0.05) is 28.1 Å². The van der Waals surface area contributed by atoms with Crippen LogP contribution in [0.3, 0.4) is 0 Å². The Kier molecular flexibility index (Phi) is 4.26. The Morgan fingerprint density at radius 1 is 1.31 bits per heavy atom. The Balaban J connectivity index is 0.00000128. The standard InChI is InChI=1S/C10H9BrF3N.ClH/c11-7-3-1-2-6-4-5-15-9(8(6)7)10(12,13)14;/h1-3,9,15H,4-5H2;1H. The quantitative estimate of drug-likeness (QED) is 0.771. The fourth-order valence-electron chi connectivity index (χ4n) is 1.86. The van der Waals surface area contributed by atoms with Crippen molar-refractivity contribution in [2.24, 2.45) is 0 Å². The van der Waals surface area contributed by atoms with Crippen molar-refractivity contribution in [3.8, 4) is 0 Å². The van der Waals surface area contributed by atoms with Gasteiger partial charge in [0.05, 0.1) is 0 Å². The highest BCUT2D eigenvalue weighted by Crippen LogP contribution is 2.39. The van der Waals surface area contributed by atoms with Crippen LogP contribution in [0.1, 0.15) is 17.2 Å². The molecule has 6 heteroatoms. The monoisotopic (exact) mass is 315 g/mol. The van der Waals surface area contributed by atoms with Crippen molar-refractivity contribution in [1.82, 2.24) is 5.32 Å². The number of fused-ring (bicyclic) bond motifs is 1. The molecule has 2 rings (SSSR count). The minimum atomic E-state index is -4.24. The second-order valence-electron chi connectivity index (χ2n) is 3.49. The highest BCUT2D eigenvalue weighted by molar-refractivity contribution is 9.10. The first-order valence-corrected chi connectivity index (χ1v) is 5.37. The van der Waals surface area contributed by atoms with Crippen LogP contribution in [0.4, 0.5) is 13.2 Å². The van der Waals surface area contributed by atoms with Crippen LogP contribution in [0, 0.1) is 0 Å². The fraction of sp³-hybridized carbons (Fsp3) is 0.400. The summed E-state index contributed by atoms with van der Waals surface area (Å²) < 4.78 is 38.7. The number of hydrogen-bond acceptors (Lipinski definition) is 1. The summed E-state index contributed by atoms with van der Waals surface area (Å²) in [6, 6.07) is 3.61. The Hall–Kier alpha value is -0.260. The van der Waals surface area contributed by atoms with Crippen LogP contribution >= 0.6 is 28.3 Å². The SMILES string of the molecule is Cl.FC(F)(F)C1NCCc2cccc(Br)c21. The van der Waals surface area contributed by atoms with Gasteiger partial charge < -0.3 is 5.32 Å². The molecule has 1 heterocycles. The van der Waals surface area contributed by atoms with E-state index in [1.807, 2.05) is 0 Å². The molecule has 0 radical (unpaired) electrons. The number of halogens is 5. The fourth-order valence-corrected chi connectivity index (χ4v) is 2.49. The van der Waals surface area contributed by atoms with E-state index in [2.05, 4.69) is 21.2 Å². The third-order valence-corrected chi connectivity index (χ3v) is 3.19. The molecule has 0 amide bonds. The molecule has 16 heavy (non-hydrogen) atoms. The van der Waals surface area contributed by atoms with Gasteiger partial charge in [0.25, 0.3) is 0 Å². The summed E-state index contributed by atoms with van der Waals surface area (Å²) in [5.74, 6) is 0. The minimum absolute atomic E-state index is 0. The molecule has 1 unspecified atom stereocenters. The van der Waals surface area contributed by atoms with Crippen LogP contribution in [-0.2, 0) is 6.42 Å². The first kappa shape index (κ1) is 13.8. The predicted octanol–water partition coefficient (Wildman–Crippen LogP) is 3.62. The summed E-state index contributed by atoms with van der Waals surface area (Å²) in [6.45, 7) is 0.369. The van der Waals surface area contributed by atoms with Crippen molar-refractivity contribution in [3.05, 3.63) is 33.8 Å². The van der Waals surface area contributed by atoms with E-state index in [4.69, 9.17) is 0 Å². The molecule has 1 N–H and O–H groups in total. The summed E-state index contributed by atoms with van der Waals surface area (Å²) in [6.07, 6.45) is -3.60. The molecule has 1 nitrogen and oxygen atoms in total. The predicted molar refractivity (Wildman–Crippen MR) is 61.9 cm³/mol. The lowest BCUT2D eigenvalue weighted by Crippen LogP contribution is -2.39. The summed E-state index contributed by atoms with van der Waals surface area (Å²) in [4.78, 5) is 0. The average Bonchev–Trinajstić information content (AvgIpc) is 2.16. The van der Waals surface area contributed by atoms with E-state index in [9.17, 15) is 13.2 Å². The molecule has 1 aromatic carbocycles. The number of nitrogens with one attached hydrogen (secondary N) is 1. The van der Waals surface area contributed by atoms with Crippen molar-refractivity contribution in [2.45, 2.75) is 18.6 Å². The first-order valence-electron chi connectivity index (χ1n) is 4.57. The lowest BCUT2D eigenvalue weighted by atomic mass is 9.94. The maximum absolute atomic E-state index is 12.7. The van der Waals surface area contributed by atoms with Crippen molar-refractivity contribution in [2.75, 3.05) is 6.54 Å². The van der Waals surface area contributed by atoms with Gasteiger partial charge in [-0.15, -0.1) is 12.4 Å². The molecule has 0 saturated carbocycles. The van der Waals surface area contributed by atoms with Gasteiger partial charge in [0, 0.05) is 11.0 Å². The Morgan fingerprint density at radius 3 is 2.62 bits per heavy atom. The lowest BCUT2D eigenvalue weighted by molar-refractivity contribution is -0.159. The van der Waals surface area contributed by atoms with Gasteiger partial charge in [0.1, 0.15) is 6.04 Å². The van der Waals surface area contributed by atoms with Crippen molar-refractivity contribution < 1.29 is 13.2 Å². The molecular formula is C10H10BrClF3N. The molecule has 1 atom stereocenters. The second-order valence-corrected chi connectivity index (χ2v) is 4.35. The molecule has 0 aromatic heterocycles. The third-order valence-electron chi connectivity index (χ3n) is 2.50. The summed E-state index contributed by atoms with van der Waals surface area (Å²) in [7, 11) is 0. The van der Waals surface area contributed by atoms with Crippen LogP contribution in [0.15, 0.2) is 22.7 Å². The highest BCUT2D eigenvalue weighted by Gasteiger charge is 2.43. The number of alkyl halides is 3. The maximum atomic E-state index is 12.7. The van der Waals surface area contributed by atoms with Gasteiger partial charge in [-0.3, -0.25) is 0 Å². The van der Waals surface area contributed by atoms with Gasteiger partial charge in [-0.25, -0.2) is 0 Å². The van der Waals surface area contributed by atoms with Crippen LogP contribution in [-0.4, -0.2) is 12.7 Å². The van der Waals surface area contributed by atoms with Gasteiger partial charge in [-0.2, -0.15) is 13.2 Å². The van der Waals surface area contributed by atoms with Gasteiger partial charge >= 0.3 is 6.18 Å². The van der Waals surface area contributed by atoms with E-state index >= 15 is 0 Å². The zero-order valence-electron chi connectivity index (χ0n) is 8.14. The third kappa shape index (κ3) is 2.52. The zero-order valence-corrected chi connectivity index (χ0v) is 10.5. The number of benzene rings is 1. The van der Waals surface area contributed by atoms with Crippen LogP contribution < -0.4 is 5.32 Å². The van der Waals surface area contributed by atoms with Gasteiger partial charge in [0.15, 0.2) is 0 Å². The summed E-state index contributed by atoms with van der Waals surface area (Å²) >= 11 is 3.17. The summed E-state index contributed by atoms with van der Waals surface area (Å²) in [5, 5.41) is 2.50. The van der Waals surface area contributed by atoms with E-state index in [1.165, 1.54) is 0 Å². The topological polar surface area (TPSA) is 12.0 Å². The molecule has 1 aliphatic heterocycles.